The van der Waals surface area contributed by atoms with Crippen LogP contribution in [0.15, 0.2) is 53.4 Å². The molecule has 0 spiro atoms. The summed E-state index contributed by atoms with van der Waals surface area (Å²) in [7, 11) is -3.34. The van der Waals surface area contributed by atoms with E-state index >= 15 is 0 Å². The van der Waals surface area contributed by atoms with Gasteiger partial charge < -0.3 is 15.0 Å². The van der Waals surface area contributed by atoms with Gasteiger partial charge in [0.25, 0.3) is 5.91 Å². The lowest BCUT2D eigenvalue weighted by Gasteiger charge is -2.35. The fourth-order valence-corrected chi connectivity index (χ4v) is 4.96. The largest absolute Gasteiger partial charge is 0.444 e. The highest BCUT2D eigenvalue weighted by Gasteiger charge is 2.37. The molecule has 2 aromatic rings. The molecule has 190 valence electrons. The van der Waals surface area contributed by atoms with E-state index in [4.69, 9.17) is 16.3 Å². The Hall–Kier alpha value is -2.58. The summed E-state index contributed by atoms with van der Waals surface area (Å²) in [4.78, 5) is 28.0. The zero-order chi connectivity index (χ0) is 25.8. The molecule has 3 rings (SSSR count). The van der Waals surface area contributed by atoms with Crippen molar-refractivity contribution in [2.45, 2.75) is 69.0 Å². The van der Waals surface area contributed by atoms with E-state index in [1.165, 1.54) is 24.3 Å². The fraction of sp³-hybridized carbons (Fsp3) is 0.462. The number of hydrogen-bond acceptors (Lipinski definition) is 5. The first-order valence-corrected chi connectivity index (χ1v) is 14.0. The number of carbonyl (C=O) groups is 2. The van der Waals surface area contributed by atoms with Crippen molar-refractivity contribution in [2.75, 3.05) is 12.8 Å². The summed E-state index contributed by atoms with van der Waals surface area (Å²) in [5, 5.41) is 3.71. The molecule has 2 amide bonds. The molecule has 0 heterocycles. The van der Waals surface area contributed by atoms with Crippen LogP contribution in [-0.4, -0.2) is 55.8 Å². The summed E-state index contributed by atoms with van der Waals surface area (Å²) in [5.74, 6) is -0.302. The van der Waals surface area contributed by atoms with Crippen molar-refractivity contribution in [1.82, 2.24) is 10.2 Å². The number of halogens is 1. The Morgan fingerprint density at radius 3 is 2.26 bits per heavy atom. The number of rotatable bonds is 7. The molecule has 2 atom stereocenters. The van der Waals surface area contributed by atoms with Gasteiger partial charge in [0.15, 0.2) is 9.84 Å². The Morgan fingerprint density at radius 2 is 1.69 bits per heavy atom. The third kappa shape index (κ3) is 7.70. The average Bonchev–Trinajstić information content (AvgIpc) is 3.21. The van der Waals surface area contributed by atoms with Crippen molar-refractivity contribution in [3.8, 4) is 0 Å². The van der Waals surface area contributed by atoms with Crippen molar-refractivity contribution in [2.24, 2.45) is 0 Å². The second kappa shape index (κ2) is 11.0. The van der Waals surface area contributed by atoms with Gasteiger partial charge in [0.1, 0.15) is 5.60 Å². The number of nitrogens with zero attached hydrogens (tertiary/aromatic N) is 1. The smallest absolute Gasteiger partial charge is 0.410 e. The molecule has 1 N–H and O–H groups in total. The molecule has 2 aromatic carbocycles. The third-order valence-corrected chi connectivity index (χ3v) is 7.30. The van der Waals surface area contributed by atoms with Crippen LogP contribution in [0.1, 0.15) is 56.0 Å². The van der Waals surface area contributed by atoms with Crippen molar-refractivity contribution in [3.63, 3.8) is 0 Å². The number of sulfone groups is 1. The van der Waals surface area contributed by atoms with Crippen LogP contribution in [0.5, 0.6) is 0 Å². The van der Waals surface area contributed by atoms with Gasteiger partial charge in [-0.1, -0.05) is 23.7 Å². The van der Waals surface area contributed by atoms with Gasteiger partial charge in [-0.2, -0.15) is 0 Å². The van der Waals surface area contributed by atoms with Crippen LogP contribution in [0, 0.1) is 0 Å². The van der Waals surface area contributed by atoms with E-state index in [2.05, 4.69) is 5.32 Å². The normalized spacial score (nSPS) is 18.2. The minimum Gasteiger partial charge on any atom is -0.444 e. The van der Waals surface area contributed by atoms with Crippen LogP contribution >= 0.6 is 11.6 Å². The van der Waals surface area contributed by atoms with Crippen molar-refractivity contribution >= 4 is 33.4 Å². The quantitative estimate of drug-likeness (QED) is 0.562. The van der Waals surface area contributed by atoms with Crippen LogP contribution < -0.4 is 5.32 Å². The summed E-state index contributed by atoms with van der Waals surface area (Å²) < 4.78 is 29.1. The summed E-state index contributed by atoms with van der Waals surface area (Å²) >= 11 is 6.00. The summed E-state index contributed by atoms with van der Waals surface area (Å²) in [6.45, 7) is 5.93. The van der Waals surface area contributed by atoms with E-state index < -0.39 is 21.5 Å². The standard InChI is InChI=1S/C26H33ClN2O5S/c1-26(2,3)34-25(31)29(17-16-18-8-12-20(27)13-9-18)23-7-5-6-22(23)28-24(30)19-10-14-21(15-11-19)35(4,32)33/h8-15,22-23H,5-7,16-17H2,1-4H3,(H,28,30). The number of benzene rings is 2. The first kappa shape index (κ1) is 27.0. The van der Waals surface area contributed by atoms with E-state index in [1.54, 1.807) is 4.90 Å². The molecular weight excluding hydrogens is 488 g/mol. The minimum atomic E-state index is -3.34. The second-order valence-corrected chi connectivity index (χ2v) is 12.4. The van der Waals surface area contributed by atoms with Crippen molar-refractivity contribution < 1.29 is 22.7 Å². The molecule has 1 saturated carbocycles. The monoisotopic (exact) mass is 520 g/mol. The van der Waals surface area contributed by atoms with Crippen molar-refractivity contribution in [1.29, 1.82) is 0 Å². The maximum absolute atomic E-state index is 13.2. The highest BCUT2D eigenvalue weighted by Crippen LogP contribution is 2.27. The lowest BCUT2D eigenvalue weighted by Crippen LogP contribution is -2.52. The van der Waals surface area contributed by atoms with Crippen LogP contribution in [0.3, 0.4) is 0 Å². The molecule has 1 aliphatic carbocycles. The molecule has 1 aliphatic rings. The highest BCUT2D eigenvalue weighted by molar-refractivity contribution is 7.90. The Morgan fingerprint density at radius 1 is 1.06 bits per heavy atom. The Labute approximate surface area is 212 Å². The highest BCUT2D eigenvalue weighted by atomic mass is 35.5. The molecule has 0 bridgehead atoms. The SMILES string of the molecule is CC(C)(C)OC(=O)N(CCc1ccc(Cl)cc1)C1CCCC1NC(=O)c1ccc(S(C)(=O)=O)cc1. The average molecular weight is 521 g/mol. The maximum atomic E-state index is 13.2. The van der Waals surface area contributed by atoms with Gasteiger partial charge in [0.2, 0.25) is 0 Å². The lowest BCUT2D eigenvalue weighted by atomic mass is 10.1. The molecule has 7 nitrogen and oxygen atoms in total. The second-order valence-electron chi connectivity index (χ2n) is 9.92. The number of amides is 2. The van der Waals surface area contributed by atoms with Gasteiger partial charge >= 0.3 is 6.09 Å². The van der Waals surface area contributed by atoms with Gasteiger partial charge in [-0.15, -0.1) is 0 Å². The van der Waals surface area contributed by atoms with Crippen LogP contribution in [-0.2, 0) is 21.0 Å². The van der Waals surface area contributed by atoms with Crippen LogP contribution in [0.4, 0.5) is 4.79 Å². The first-order chi connectivity index (χ1) is 16.3. The first-order valence-electron chi connectivity index (χ1n) is 11.7. The Kier molecular flexibility index (Phi) is 8.49. The van der Waals surface area contributed by atoms with Gasteiger partial charge in [-0.3, -0.25) is 4.79 Å². The van der Waals surface area contributed by atoms with E-state index in [1.807, 2.05) is 45.0 Å². The van der Waals surface area contributed by atoms with Crippen molar-refractivity contribution in [3.05, 3.63) is 64.7 Å². The molecule has 1 fully saturated rings. The lowest BCUT2D eigenvalue weighted by molar-refractivity contribution is 0.0140. The number of ether oxygens (including phenoxy) is 1. The zero-order valence-electron chi connectivity index (χ0n) is 20.6. The van der Waals surface area contributed by atoms with Gasteiger partial charge in [0.05, 0.1) is 10.9 Å². The Bertz CT molecular complexity index is 1140. The molecule has 35 heavy (non-hydrogen) atoms. The summed E-state index contributed by atoms with van der Waals surface area (Å²) in [6, 6.07) is 12.9. The van der Waals surface area contributed by atoms with E-state index in [-0.39, 0.29) is 22.9 Å². The minimum absolute atomic E-state index is 0.158. The third-order valence-electron chi connectivity index (χ3n) is 5.92. The van der Waals surface area contributed by atoms with Gasteiger partial charge in [-0.05, 0) is 88.4 Å². The molecular formula is C26H33ClN2O5S. The Balaban J connectivity index is 1.75. The van der Waals surface area contributed by atoms with E-state index in [9.17, 15) is 18.0 Å². The van der Waals surface area contributed by atoms with E-state index in [0.29, 0.717) is 23.6 Å². The van der Waals surface area contributed by atoms with E-state index in [0.717, 1.165) is 31.1 Å². The topological polar surface area (TPSA) is 92.8 Å². The maximum Gasteiger partial charge on any atom is 0.410 e. The number of carbonyl (C=O) groups excluding carboxylic acids is 2. The van der Waals surface area contributed by atoms with Gasteiger partial charge in [0, 0.05) is 29.4 Å². The zero-order valence-corrected chi connectivity index (χ0v) is 22.2. The fourth-order valence-electron chi connectivity index (χ4n) is 4.20. The molecule has 2 unspecified atom stereocenters. The predicted octanol–water partition coefficient (Wildman–Crippen LogP) is 4.87. The molecule has 0 saturated heterocycles. The summed E-state index contributed by atoms with van der Waals surface area (Å²) in [5.41, 5.74) is 0.773. The molecule has 0 aromatic heterocycles. The molecule has 9 heteroatoms. The van der Waals surface area contributed by atoms with Crippen LogP contribution in [0.2, 0.25) is 5.02 Å². The number of nitrogens with one attached hydrogen (secondary N) is 1. The predicted molar refractivity (Wildman–Crippen MR) is 137 cm³/mol. The van der Waals surface area contributed by atoms with Gasteiger partial charge in [-0.25, -0.2) is 13.2 Å². The van der Waals surface area contributed by atoms with Crippen LogP contribution in [0.25, 0.3) is 0 Å². The molecule has 0 radical (unpaired) electrons. The number of hydrogen-bond donors (Lipinski definition) is 1. The summed E-state index contributed by atoms with van der Waals surface area (Å²) in [6.07, 6.45) is 3.69. The molecule has 0 aliphatic heterocycles.